The molecule has 1 aliphatic heterocycles. The average Bonchev–Trinajstić information content (AvgIpc) is 2.26. The van der Waals surface area contributed by atoms with Crippen LogP contribution in [0.15, 0.2) is 24.3 Å². The minimum atomic E-state index is -0.427. The molecule has 0 saturated carbocycles. The Morgan fingerprint density at radius 2 is 2.06 bits per heavy atom. The quantitative estimate of drug-likeness (QED) is 0.756. The summed E-state index contributed by atoms with van der Waals surface area (Å²) in [5, 5.41) is 3.26. The van der Waals surface area contributed by atoms with E-state index < -0.39 is 5.60 Å². The van der Waals surface area contributed by atoms with Crippen LogP contribution in [0.2, 0.25) is 0 Å². The molecule has 0 fully saturated rings. The van der Waals surface area contributed by atoms with Gasteiger partial charge in [0, 0.05) is 13.1 Å². The van der Waals surface area contributed by atoms with Crippen molar-refractivity contribution in [3.8, 4) is 0 Å². The van der Waals surface area contributed by atoms with Gasteiger partial charge in [-0.15, -0.1) is 0 Å². The van der Waals surface area contributed by atoms with Gasteiger partial charge in [-0.3, -0.25) is 4.79 Å². The zero-order valence-corrected chi connectivity index (χ0v) is 10.6. The largest absolute Gasteiger partial charge is 0.459 e. The summed E-state index contributed by atoms with van der Waals surface area (Å²) in [7, 11) is 0. The Kier molecular flexibility index (Phi) is 3.20. The van der Waals surface area contributed by atoms with Crippen molar-refractivity contribution in [2.45, 2.75) is 38.8 Å². The standard InChI is InChI=1S/C14H19NO2/c1-14(2,3)17-13(16)12-9-15-8-10-6-4-5-7-11(10)12/h4-7,12,15H,8-9H2,1-3H3/t12-/m1/s1. The first-order chi connectivity index (χ1) is 7.97. The molecule has 2 rings (SSSR count). The summed E-state index contributed by atoms with van der Waals surface area (Å²) >= 11 is 0. The number of esters is 1. The van der Waals surface area contributed by atoms with Gasteiger partial charge in [0.1, 0.15) is 5.60 Å². The Morgan fingerprint density at radius 3 is 2.76 bits per heavy atom. The SMILES string of the molecule is CC(C)(C)OC(=O)[C@@H]1CNCc2ccccc21. The fourth-order valence-electron chi connectivity index (χ4n) is 2.08. The molecule has 3 nitrogen and oxygen atoms in total. The number of rotatable bonds is 1. The third-order valence-corrected chi connectivity index (χ3v) is 2.79. The molecule has 1 heterocycles. The number of hydrogen-bond acceptors (Lipinski definition) is 3. The van der Waals surface area contributed by atoms with Gasteiger partial charge in [-0.2, -0.15) is 0 Å². The van der Waals surface area contributed by atoms with Crippen LogP contribution in [0.1, 0.15) is 37.8 Å². The van der Waals surface area contributed by atoms with Crippen molar-refractivity contribution in [3.63, 3.8) is 0 Å². The maximum atomic E-state index is 12.1. The Labute approximate surface area is 102 Å². The van der Waals surface area contributed by atoms with Gasteiger partial charge >= 0.3 is 5.97 Å². The lowest BCUT2D eigenvalue weighted by atomic mass is 9.91. The van der Waals surface area contributed by atoms with Gasteiger partial charge in [-0.05, 0) is 31.9 Å². The molecule has 1 aromatic carbocycles. The highest BCUT2D eigenvalue weighted by Gasteiger charge is 2.29. The van der Waals surface area contributed by atoms with Crippen molar-refractivity contribution in [2.24, 2.45) is 0 Å². The second-order valence-electron chi connectivity index (χ2n) is 5.42. The van der Waals surface area contributed by atoms with Crippen molar-refractivity contribution in [1.29, 1.82) is 0 Å². The van der Waals surface area contributed by atoms with Crippen molar-refractivity contribution in [3.05, 3.63) is 35.4 Å². The van der Waals surface area contributed by atoms with E-state index in [-0.39, 0.29) is 11.9 Å². The number of hydrogen-bond donors (Lipinski definition) is 1. The molecule has 92 valence electrons. The van der Waals surface area contributed by atoms with Gasteiger partial charge in [-0.25, -0.2) is 0 Å². The molecule has 0 unspecified atom stereocenters. The van der Waals surface area contributed by atoms with Crippen LogP contribution in [0.3, 0.4) is 0 Å². The molecule has 0 radical (unpaired) electrons. The topological polar surface area (TPSA) is 38.3 Å². The molecule has 3 heteroatoms. The Morgan fingerprint density at radius 1 is 1.35 bits per heavy atom. The number of benzene rings is 1. The molecule has 17 heavy (non-hydrogen) atoms. The lowest BCUT2D eigenvalue weighted by Gasteiger charge is -2.28. The first-order valence-electron chi connectivity index (χ1n) is 5.99. The third-order valence-electron chi connectivity index (χ3n) is 2.79. The average molecular weight is 233 g/mol. The van der Waals surface area contributed by atoms with E-state index in [4.69, 9.17) is 4.74 Å². The summed E-state index contributed by atoms with van der Waals surface area (Å²) in [5.41, 5.74) is 1.86. The Hall–Kier alpha value is -1.35. The lowest BCUT2D eigenvalue weighted by molar-refractivity contribution is -0.156. The molecule has 0 aliphatic carbocycles. The van der Waals surface area contributed by atoms with Gasteiger partial charge in [0.25, 0.3) is 0 Å². The summed E-state index contributed by atoms with van der Waals surface area (Å²) in [4.78, 5) is 12.1. The maximum absolute atomic E-state index is 12.1. The molecule has 0 saturated heterocycles. The fourth-order valence-corrected chi connectivity index (χ4v) is 2.08. The van der Waals surface area contributed by atoms with Crippen LogP contribution in [0, 0.1) is 0 Å². The molecule has 0 bridgehead atoms. The van der Waals surface area contributed by atoms with Gasteiger partial charge in [0.05, 0.1) is 5.92 Å². The monoisotopic (exact) mass is 233 g/mol. The van der Waals surface area contributed by atoms with E-state index in [0.29, 0.717) is 6.54 Å². The van der Waals surface area contributed by atoms with E-state index >= 15 is 0 Å². The molecule has 1 aliphatic rings. The van der Waals surface area contributed by atoms with E-state index in [2.05, 4.69) is 11.4 Å². The fraction of sp³-hybridized carbons (Fsp3) is 0.500. The summed E-state index contributed by atoms with van der Waals surface area (Å²) in [6, 6.07) is 8.04. The minimum Gasteiger partial charge on any atom is -0.459 e. The molecule has 0 aromatic heterocycles. The molecule has 0 amide bonds. The second-order valence-corrected chi connectivity index (χ2v) is 5.42. The van der Waals surface area contributed by atoms with E-state index in [1.165, 1.54) is 5.56 Å². The highest BCUT2D eigenvalue weighted by molar-refractivity contribution is 5.79. The van der Waals surface area contributed by atoms with Gasteiger partial charge in [0.15, 0.2) is 0 Å². The zero-order valence-electron chi connectivity index (χ0n) is 10.6. The Bertz CT molecular complexity index is 420. The number of carbonyl (C=O) groups is 1. The van der Waals surface area contributed by atoms with E-state index in [0.717, 1.165) is 12.1 Å². The molecular formula is C14H19NO2. The number of fused-ring (bicyclic) bond motifs is 1. The normalized spacial score (nSPS) is 19.6. The summed E-state index contributed by atoms with van der Waals surface area (Å²) in [6.45, 7) is 7.18. The first kappa shape index (κ1) is 12.1. The van der Waals surface area contributed by atoms with Crippen LogP contribution >= 0.6 is 0 Å². The van der Waals surface area contributed by atoms with Crippen LogP contribution in [0.4, 0.5) is 0 Å². The second kappa shape index (κ2) is 4.49. The first-order valence-corrected chi connectivity index (χ1v) is 5.99. The van der Waals surface area contributed by atoms with Crippen molar-refractivity contribution < 1.29 is 9.53 Å². The van der Waals surface area contributed by atoms with Crippen LogP contribution < -0.4 is 5.32 Å². The number of nitrogens with one attached hydrogen (secondary N) is 1. The lowest BCUT2D eigenvalue weighted by Crippen LogP contribution is -2.36. The van der Waals surface area contributed by atoms with Crippen LogP contribution in [0.5, 0.6) is 0 Å². The number of ether oxygens (including phenoxy) is 1. The maximum Gasteiger partial charge on any atom is 0.315 e. The summed E-state index contributed by atoms with van der Waals surface area (Å²) < 4.78 is 5.46. The molecule has 1 atom stereocenters. The van der Waals surface area contributed by atoms with E-state index in [1.807, 2.05) is 39.0 Å². The van der Waals surface area contributed by atoms with E-state index in [1.54, 1.807) is 0 Å². The predicted molar refractivity (Wildman–Crippen MR) is 66.7 cm³/mol. The van der Waals surface area contributed by atoms with Crippen LogP contribution in [-0.2, 0) is 16.1 Å². The van der Waals surface area contributed by atoms with Crippen LogP contribution in [-0.4, -0.2) is 18.1 Å². The number of carbonyl (C=O) groups excluding carboxylic acids is 1. The smallest absolute Gasteiger partial charge is 0.315 e. The summed E-state index contributed by atoms with van der Waals surface area (Å²) in [6.07, 6.45) is 0. The minimum absolute atomic E-state index is 0.142. The van der Waals surface area contributed by atoms with Gasteiger partial charge < -0.3 is 10.1 Å². The molecule has 1 N–H and O–H groups in total. The summed E-state index contributed by atoms with van der Waals surface area (Å²) in [5.74, 6) is -0.323. The highest BCUT2D eigenvalue weighted by Crippen LogP contribution is 2.26. The van der Waals surface area contributed by atoms with Gasteiger partial charge in [-0.1, -0.05) is 24.3 Å². The molecule has 1 aromatic rings. The van der Waals surface area contributed by atoms with E-state index in [9.17, 15) is 4.79 Å². The molecular weight excluding hydrogens is 214 g/mol. The van der Waals surface area contributed by atoms with Crippen molar-refractivity contribution in [2.75, 3.05) is 6.54 Å². The van der Waals surface area contributed by atoms with Crippen molar-refractivity contribution in [1.82, 2.24) is 5.32 Å². The predicted octanol–water partition coefficient (Wildman–Crippen LogP) is 2.22. The Balaban J connectivity index is 2.21. The van der Waals surface area contributed by atoms with Crippen molar-refractivity contribution >= 4 is 5.97 Å². The van der Waals surface area contributed by atoms with Gasteiger partial charge in [0.2, 0.25) is 0 Å². The van der Waals surface area contributed by atoms with Crippen LogP contribution in [0.25, 0.3) is 0 Å². The highest BCUT2D eigenvalue weighted by atomic mass is 16.6. The third kappa shape index (κ3) is 2.86. The molecule has 0 spiro atoms. The zero-order chi connectivity index (χ0) is 12.5.